The van der Waals surface area contributed by atoms with E-state index in [9.17, 15) is 4.79 Å². The average Bonchev–Trinajstić information content (AvgIpc) is 2.39. The van der Waals surface area contributed by atoms with Gasteiger partial charge >= 0.3 is 5.97 Å². The van der Waals surface area contributed by atoms with Gasteiger partial charge in [0.2, 0.25) is 0 Å². The summed E-state index contributed by atoms with van der Waals surface area (Å²) in [5.74, 6) is -1.06. The standard InChI is InChI=1S/C12H13N3O2/c13-7-10-6-11(3-4-14-10)15-5-1-2-9(8-15)12(16)17/h3-4,6,9H,1-2,5,8H2,(H,16,17). The minimum absolute atomic E-state index is 0.317. The van der Waals surface area contributed by atoms with Crippen LogP contribution in [0, 0.1) is 17.2 Å². The van der Waals surface area contributed by atoms with E-state index in [1.54, 1.807) is 12.3 Å². The van der Waals surface area contributed by atoms with E-state index >= 15 is 0 Å². The zero-order valence-corrected chi connectivity index (χ0v) is 9.33. The van der Waals surface area contributed by atoms with Crippen LogP contribution in [-0.4, -0.2) is 29.1 Å². The van der Waals surface area contributed by atoms with E-state index in [1.165, 1.54) is 0 Å². The molecule has 2 heterocycles. The number of anilines is 1. The summed E-state index contributed by atoms with van der Waals surface area (Å²) >= 11 is 0. The fourth-order valence-corrected chi connectivity index (χ4v) is 2.09. The molecule has 1 unspecified atom stereocenters. The van der Waals surface area contributed by atoms with Crippen molar-refractivity contribution in [2.75, 3.05) is 18.0 Å². The van der Waals surface area contributed by atoms with E-state index in [1.807, 2.05) is 17.0 Å². The first-order chi connectivity index (χ1) is 8.20. The number of pyridine rings is 1. The topological polar surface area (TPSA) is 77.2 Å². The Morgan fingerprint density at radius 1 is 1.65 bits per heavy atom. The molecule has 2 rings (SSSR count). The van der Waals surface area contributed by atoms with Crippen LogP contribution in [0.2, 0.25) is 0 Å². The van der Waals surface area contributed by atoms with E-state index in [4.69, 9.17) is 10.4 Å². The summed E-state index contributed by atoms with van der Waals surface area (Å²) in [5.41, 5.74) is 1.24. The summed E-state index contributed by atoms with van der Waals surface area (Å²) in [6.07, 6.45) is 3.17. The fraction of sp³-hybridized carbons (Fsp3) is 0.417. The second-order valence-corrected chi connectivity index (χ2v) is 4.13. The van der Waals surface area contributed by atoms with Gasteiger partial charge in [0.05, 0.1) is 5.92 Å². The van der Waals surface area contributed by atoms with Crippen molar-refractivity contribution < 1.29 is 9.90 Å². The number of nitrogens with zero attached hydrogens (tertiary/aromatic N) is 3. The van der Waals surface area contributed by atoms with Crippen molar-refractivity contribution in [2.45, 2.75) is 12.8 Å². The third-order valence-electron chi connectivity index (χ3n) is 2.99. The van der Waals surface area contributed by atoms with Gasteiger partial charge in [-0.25, -0.2) is 4.98 Å². The molecule has 0 saturated carbocycles. The van der Waals surface area contributed by atoms with Gasteiger partial charge in [0.1, 0.15) is 11.8 Å². The molecule has 5 nitrogen and oxygen atoms in total. The molecule has 1 N–H and O–H groups in total. The van der Waals surface area contributed by atoms with Crippen molar-refractivity contribution in [1.29, 1.82) is 5.26 Å². The number of carboxylic acid groups (broad SMARTS) is 1. The zero-order chi connectivity index (χ0) is 12.3. The normalized spacial score (nSPS) is 19.7. The number of aliphatic carboxylic acids is 1. The molecular formula is C12H13N3O2. The molecule has 1 aromatic heterocycles. The van der Waals surface area contributed by atoms with Gasteiger partial charge < -0.3 is 10.0 Å². The van der Waals surface area contributed by atoms with Crippen LogP contribution in [0.25, 0.3) is 0 Å². The molecule has 0 aromatic carbocycles. The maximum Gasteiger partial charge on any atom is 0.308 e. The maximum atomic E-state index is 11.0. The van der Waals surface area contributed by atoms with E-state index in [0.717, 1.165) is 25.1 Å². The van der Waals surface area contributed by atoms with Gasteiger partial charge in [0.15, 0.2) is 0 Å². The number of rotatable bonds is 2. The molecule has 1 atom stereocenters. The van der Waals surface area contributed by atoms with Crippen LogP contribution in [0.1, 0.15) is 18.5 Å². The number of carboxylic acids is 1. The second-order valence-electron chi connectivity index (χ2n) is 4.13. The number of nitriles is 1. The molecule has 17 heavy (non-hydrogen) atoms. The number of aromatic nitrogens is 1. The number of hydrogen-bond acceptors (Lipinski definition) is 4. The summed E-state index contributed by atoms with van der Waals surface area (Å²) in [5, 5.41) is 17.8. The van der Waals surface area contributed by atoms with Gasteiger partial charge in [0, 0.05) is 25.0 Å². The monoisotopic (exact) mass is 231 g/mol. The lowest BCUT2D eigenvalue weighted by Gasteiger charge is -2.32. The van der Waals surface area contributed by atoms with Crippen LogP contribution in [0.4, 0.5) is 5.69 Å². The van der Waals surface area contributed by atoms with Crippen LogP contribution in [-0.2, 0) is 4.79 Å². The highest BCUT2D eigenvalue weighted by molar-refractivity contribution is 5.71. The van der Waals surface area contributed by atoms with Crippen LogP contribution in [0.15, 0.2) is 18.3 Å². The quantitative estimate of drug-likeness (QED) is 0.829. The molecule has 0 radical (unpaired) electrons. The minimum Gasteiger partial charge on any atom is -0.481 e. The Labute approximate surface area is 99.3 Å². The fourth-order valence-electron chi connectivity index (χ4n) is 2.09. The average molecular weight is 231 g/mol. The van der Waals surface area contributed by atoms with Gasteiger partial charge in [-0.15, -0.1) is 0 Å². The van der Waals surface area contributed by atoms with Crippen LogP contribution >= 0.6 is 0 Å². The van der Waals surface area contributed by atoms with E-state index in [0.29, 0.717) is 12.2 Å². The molecule has 0 amide bonds. The van der Waals surface area contributed by atoms with Crippen molar-refractivity contribution >= 4 is 11.7 Å². The molecule has 1 aliphatic heterocycles. The largest absolute Gasteiger partial charge is 0.481 e. The molecule has 0 spiro atoms. The third kappa shape index (κ3) is 2.53. The van der Waals surface area contributed by atoms with Crippen molar-refractivity contribution in [3.05, 3.63) is 24.0 Å². The van der Waals surface area contributed by atoms with Gasteiger partial charge in [-0.05, 0) is 25.0 Å². The highest BCUT2D eigenvalue weighted by Gasteiger charge is 2.25. The summed E-state index contributed by atoms with van der Waals surface area (Å²) < 4.78 is 0. The Kier molecular flexibility index (Phi) is 3.24. The Bertz CT molecular complexity index is 467. The van der Waals surface area contributed by atoms with E-state index < -0.39 is 5.97 Å². The Morgan fingerprint density at radius 2 is 2.47 bits per heavy atom. The minimum atomic E-state index is -0.746. The van der Waals surface area contributed by atoms with Crippen molar-refractivity contribution in [3.8, 4) is 6.07 Å². The molecule has 1 aromatic rings. The van der Waals surface area contributed by atoms with Gasteiger partial charge in [-0.2, -0.15) is 5.26 Å². The summed E-state index contributed by atoms with van der Waals surface area (Å²) in [6, 6.07) is 5.50. The van der Waals surface area contributed by atoms with Crippen LogP contribution in [0.3, 0.4) is 0 Å². The predicted octanol–water partition coefficient (Wildman–Crippen LogP) is 1.25. The third-order valence-corrected chi connectivity index (χ3v) is 2.99. The lowest BCUT2D eigenvalue weighted by Crippen LogP contribution is -2.38. The van der Waals surface area contributed by atoms with Gasteiger partial charge in [-0.3, -0.25) is 4.79 Å². The SMILES string of the molecule is N#Cc1cc(N2CCCC(C(=O)O)C2)ccn1. The van der Waals surface area contributed by atoms with Crippen LogP contribution < -0.4 is 4.90 Å². The molecule has 0 aliphatic carbocycles. The molecular weight excluding hydrogens is 218 g/mol. The van der Waals surface area contributed by atoms with Crippen molar-refractivity contribution in [1.82, 2.24) is 4.98 Å². The number of piperidine rings is 1. The summed E-state index contributed by atoms with van der Waals surface area (Å²) in [6.45, 7) is 1.34. The first-order valence-corrected chi connectivity index (χ1v) is 5.54. The van der Waals surface area contributed by atoms with Gasteiger partial charge in [0.25, 0.3) is 0 Å². The molecule has 88 valence electrons. The van der Waals surface area contributed by atoms with E-state index in [-0.39, 0.29) is 5.92 Å². The number of carbonyl (C=O) groups is 1. The van der Waals surface area contributed by atoms with Crippen molar-refractivity contribution in [2.24, 2.45) is 5.92 Å². The molecule has 1 fully saturated rings. The Balaban J connectivity index is 2.16. The summed E-state index contributed by atoms with van der Waals surface area (Å²) in [7, 11) is 0. The smallest absolute Gasteiger partial charge is 0.308 e. The van der Waals surface area contributed by atoms with Crippen molar-refractivity contribution in [3.63, 3.8) is 0 Å². The lowest BCUT2D eigenvalue weighted by atomic mass is 9.98. The highest BCUT2D eigenvalue weighted by Crippen LogP contribution is 2.23. The molecule has 1 aliphatic rings. The van der Waals surface area contributed by atoms with Gasteiger partial charge in [-0.1, -0.05) is 0 Å². The number of hydrogen-bond donors (Lipinski definition) is 1. The van der Waals surface area contributed by atoms with E-state index in [2.05, 4.69) is 4.98 Å². The second kappa shape index (κ2) is 4.83. The zero-order valence-electron chi connectivity index (χ0n) is 9.33. The predicted molar refractivity (Wildman–Crippen MR) is 61.5 cm³/mol. The summed E-state index contributed by atoms with van der Waals surface area (Å²) in [4.78, 5) is 16.9. The molecule has 1 saturated heterocycles. The highest BCUT2D eigenvalue weighted by atomic mass is 16.4. The van der Waals surface area contributed by atoms with Crippen LogP contribution in [0.5, 0.6) is 0 Å². The Morgan fingerprint density at radius 3 is 3.18 bits per heavy atom. The molecule has 0 bridgehead atoms. The molecule has 5 heteroatoms. The first-order valence-electron chi connectivity index (χ1n) is 5.54. The lowest BCUT2D eigenvalue weighted by molar-refractivity contribution is -0.141. The maximum absolute atomic E-state index is 11.0. The Hall–Kier alpha value is -2.09. The first kappa shape index (κ1) is 11.4.